The maximum absolute atomic E-state index is 13.3. The number of aromatic nitrogens is 2. The lowest BCUT2D eigenvalue weighted by Crippen LogP contribution is -2.57. The minimum Gasteiger partial charge on any atom is -0.497 e. The summed E-state index contributed by atoms with van der Waals surface area (Å²) in [6, 6.07) is 5.10. The molecular formula is C26H36N4O6. The number of piperazine rings is 1. The van der Waals surface area contributed by atoms with E-state index >= 15 is 0 Å². The Kier molecular flexibility index (Phi) is 7.82. The molecule has 0 unspecified atom stereocenters. The molecule has 1 saturated carbocycles. The number of amides is 2. The van der Waals surface area contributed by atoms with Gasteiger partial charge in [0.2, 0.25) is 11.8 Å². The van der Waals surface area contributed by atoms with Crippen molar-refractivity contribution in [2.24, 2.45) is 18.9 Å². The van der Waals surface area contributed by atoms with Gasteiger partial charge < -0.3 is 19.3 Å². The third kappa shape index (κ3) is 5.04. The van der Waals surface area contributed by atoms with E-state index in [-0.39, 0.29) is 47.5 Å². The molecule has 4 rings (SSSR count). The number of rotatable bonds is 6. The Morgan fingerprint density at radius 3 is 2.42 bits per heavy atom. The number of aryl methyl sites for hydroxylation is 1. The molecule has 1 atom stereocenters. The summed E-state index contributed by atoms with van der Waals surface area (Å²) in [4.78, 5) is 55.2. The van der Waals surface area contributed by atoms with E-state index in [9.17, 15) is 19.2 Å². The quantitative estimate of drug-likeness (QED) is 0.591. The fourth-order valence-electron chi connectivity index (χ4n) is 5.59. The van der Waals surface area contributed by atoms with Gasteiger partial charge in [0.1, 0.15) is 12.4 Å². The van der Waals surface area contributed by atoms with Crippen LogP contribution in [0, 0.1) is 11.8 Å². The van der Waals surface area contributed by atoms with E-state index in [0.717, 1.165) is 25.7 Å². The van der Waals surface area contributed by atoms with Crippen molar-refractivity contribution in [3.8, 4) is 5.75 Å². The molecule has 10 heteroatoms. The van der Waals surface area contributed by atoms with Crippen molar-refractivity contribution in [1.82, 2.24) is 18.9 Å². The van der Waals surface area contributed by atoms with Crippen LogP contribution in [0.5, 0.6) is 5.75 Å². The second-order valence-corrected chi connectivity index (χ2v) is 10.0. The number of hydrogen-bond donors (Lipinski definition) is 0. The molecule has 36 heavy (non-hydrogen) atoms. The van der Waals surface area contributed by atoms with E-state index in [1.807, 2.05) is 11.8 Å². The summed E-state index contributed by atoms with van der Waals surface area (Å²) in [5.41, 5.74) is -0.0556. The molecule has 196 valence electrons. The fraction of sp³-hybridized carbons (Fsp3) is 0.615. The van der Waals surface area contributed by atoms with Crippen molar-refractivity contribution in [2.75, 3.05) is 40.5 Å². The molecule has 10 nitrogen and oxygen atoms in total. The molecule has 1 aliphatic carbocycles. The number of hydrogen-bond acceptors (Lipinski definition) is 6. The number of ether oxygens (including phenoxy) is 2. The first-order chi connectivity index (χ1) is 17.2. The Morgan fingerprint density at radius 1 is 1.06 bits per heavy atom. The van der Waals surface area contributed by atoms with E-state index in [0.29, 0.717) is 42.8 Å². The van der Waals surface area contributed by atoms with Crippen LogP contribution in [0.1, 0.15) is 32.6 Å². The highest BCUT2D eigenvalue weighted by molar-refractivity contribution is 5.81. The van der Waals surface area contributed by atoms with E-state index in [1.165, 1.54) is 16.2 Å². The Morgan fingerprint density at radius 2 is 1.78 bits per heavy atom. The number of carbonyl (C=O) groups is 2. The van der Waals surface area contributed by atoms with Crippen LogP contribution in [0.15, 0.2) is 27.8 Å². The smallest absolute Gasteiger partial charge is 0.331 e. The number of fused-ring (bicyclic) bond motifs is 1. The van der Waals surface area contributed by atoms with Crippen LogP contribution in [0.2, 0.25) is 0 Å². The maximum atomic E-state index is 13.3. The van der Waals surface area contributed by atoms with Crippen LogP contribution in [-0.2, 0) is 27.9 Å². The van der Waals surface area contributed by atoms with Gasteiger partial charge in [0.15, 0.2) is 0 Å². The highest BCUT2D eigenvalue weighted by Gasteiger charge is 2.35. The molecule has 1 aromatic heterocycles. The zero-order valence-corrected chi connectivity index (χ0v) is 21.6. The topological polar surface area (TPSA) is 103 Å². The predicted octanol–water partition coefficient (Wildman–Crippen LogP) is 1.22. The molecule has 1 aromatic carbocycles. The zero-order chi connectivity index (χ0) is 26.0. The molecule has 2 heterocycles. The standard InChI is InChI=1S/C26H36N4O6/c1-17-14-28(23(31)16-35-3)11-12-29(17)24(32)19-7-5-18(6-8-19)15-30-25(33)21-13-20(36-4)9-10-22(21)27(2)26(30)34/h9-10,13,17-19H,5-8,11-12,14-16H2,1-4H3/t17-,18-,19-/m0/s1. The van der Waals surface area contributed by atoms with Crippen LogP contribution >= 0.6 is 0 Å². The lowest BCUT2D eigenvalue weighted by atomic mass is 9.81. The average Bonchev–Trinajstić information content (AvgIpc) is 2.89. The van der Waals surface area contributed by atoms with Crippen molar-refractivity contribution in [3.63, 3.8) is 0 Å². The largest absolute Gasteiger partial charge is 0.497 e. The van der Waals surface area contributed by atoms with Gasteiger partial charge in [-0.05, 0) is 56.7 Å². The summed E-state index contributed by atoms with van der Waals surface area (Å²) in [6.45, 7) is 3.95. The van der Waals surface area contributed by atoms with Crippen LogP contribution < -0.4 is 16.0 Å². The molecule has 0 spiro atoms. The van der Waals surface area contributed by atoms with Gasteiger partial charge in [0.25, 0.3) is 5.56 Å². The third-order valence-corrected chi connectivity index (χ3v) is 7.73. The Bertz CT molecular complexity index is 1240. The summed E-state index contributed by atoms with van der Waals surface area (Å²) in [7, 11) is 4.72. The number of nitrogens with zero attached hydrogens (tertiary/aromatic N) is 4. The predicted molar refractivity (Wildman–Crippen MR) is 135 cm³/mol. The van der Waals surface area contributed by atoms with Crippen molar-refractivity contribution < 1.29 is 19.1 Å². The molecule has 2 amide bonds. The van der Waals surface area contributed by atoms with E-state index in [1.54, 1.807) is 37.3 Å². The first-order valence-electron chi connectivity index (χ1n) is 12.6. The van der Waals surface area contributed by atoms with Crippen molar-refractivity contribution in [3.05, 3.63) is 39.0 Å². The van der Waals surface area contributed by atoms with E-state index < -0.39 is 0 Å². The third-order valence-electron chi connectivity index (χ3n) is 7.73. The zero-order valence-electron chi connectivity index (χ0n) is 21.6. The van der Waals surface area contributed by atoms with Crippen LogP contribution in [0.3, 0.4) is 0 Å². The summed E-state index contributed by atoms with van der Waals surface area (Å²) < 4.78 is 13.0. The molecule has 1 saturated heterocycles. The molecule has 0 bridgehead atoms. The van der Waals surface area contributed by atoms with Gasteiger partial charge in [-0.2, -0.15) is 0 Å². The Hall–Kier alpha value is -3.14. The maximum Gasteiger partial charge on any atom is 0.331 e. The second-order valence-electron chi connectivity index (χ2n) is 10.0. The van der Waals surface area contributed by atoms with Crippen molar-refractivity contribution >= 4 is 22.7 Å². The minimum absolute atomic E-state index is 0.0408. The molecule has 2 aromatic rings. The number of benzene rings is 1. The van der Waals surface area contributed by atoms with E-state index in [2.05, 4.69) is 0 Å². The van der Waals surface area contributed by atoms with Crippen LogP contribution in [0.25, 0.3) is 10.9 Å². The first kappa shape index (κ1) is 25.9. The highest BCUT2D eigenvalue weighted by atomic mass is 16.5. The monoisotopic (exact) mass is 500 g/mol. The van der Waals surface area contributed by atoms with Crippen LogP contribution in [0.4, 0.5) is 0 Å². The summed E-state index contributed by atoms with van der Waals surface area (Å²) in [5.74, 6) is 0.756. The average molecular weight is 501 g/mol. The Labute approximate surface area is 210 Å². The number of methoxy groups -OCH3 is 2. The summed E-state index contributed by atoms with van der Waals surface area (Å²) in [6.07, 6.45) is 3.02. The summed E-state index contributed by atoms with van der Waals surface area (Å²) >= 11 is 0. The van der Waals surface area contributed by atoms with Crippen LogP contribution in [-0.4, -0.2) is 77.3 Å². The minimum atomic E-state index is -0.328. The fourth-order valence-corrected chi connectivity index (χ4v) is 5.59. The molecule has 1 aliphatic heterocycles. The van der Waals surface area contributed by atoms with Crippen molar-refractivity contribution in [1.29, 1.82) is 0 Å². The van der Waals surface area contributed by atoms with Gasteiger partial charge in [-0.1, -0.05) is 0 Å². The van der Waals surface area contributed by atoms with Gasteiger partial charge in [0, 0.05) is 52.3 Å². The Balaban J connectivity index is 1.40. The van der Waals surface area contributed by atoms with Gasteiger partial charge in [-0.15, -0.1) is 0 Å². The summed E-state index contributed by atoms with van der Waals surface area (Å²) in [5, 5.41) is 0.456. The van der Waals surface area contributed by atoms with Gasteiger partial charge in [0.05, 0.1) is 18.0 Å². The number of carbonyl (C=O) groups excluding carboxylic acids is 2. The molecule has 0 N–H and O–H groups in total. The van der Waals surface area contributed by atoms with Crippen molar-refractivity contribution in [2.45, 2.75) is 45.2 Å². The normalized spacial score (nSPS) is 22.6. The van der Waals surface area contributed by atoms with Gasteiger partial charge >= 0.3 is 5.69 Å². The van der Waals surface area contributed by atoms with Gasteiger partial charge in [-0.3, -0.25) is 23.5 Å². The molecule has 0 radical (unpaired) electrons. The molecule has 2 aliphatic rings. The lowest BCUT2D eigenvalue weighted by molar-refractivity contribution is -0.147. The molecular weight excluding hydrogens is 464 g/mol. The lowest BCUT2D eigenvalue weighted by Gasteiger charge is -2.42. The molecule has 2 fully saturated rings. The first-order valence-corrected chi connectivity index (χ1v) is 12.6. The SMILES string of the molecule is COCC(=O)N1CCN(C(=O)[C@H]2CC[C@H](Cn3c(=O)c4cc(OC)ccc4n(C)c3=O)CC2)[C@@H](C)C1. The second kappa shape index (κ2) is 10.9. The highest BCUT2D eigenvalue weighted by Crippen LogP contribution is 2.31. The van der Waals surface area contributed by atoms with Gasteiger partial charge in [-0.25, -0.2) is 4.79 Å². The van der Waals surface area contributed by atoms with E-state index in [4.69, 9.17) is 9.47 Å².